The monoisotopic (exact) mass is 287 g/mol. The van der Waals surface area contributed by atoms with E-state index in [4.69, 9.17) is 17.4 Å². The Balaban J connectivity index is 2.20. The van der Waals surface area contributed by atoms with Crippen LogP contribution in [0.4, 0.5) is 0 Å². The molecule has 0 atom stereocenters. The van der Waals surface area contributed by atoms with E-state index >= 15 is 0 Å². The van der Waals surface area contributed by atoms with Gasteiger partial charge >= 0.3 is 0 Å². The van der Waals surface area contributed by atoms with E-state index in [-0.39, 0.29) is 0 Å². The molecule has 0 amide bonds. The number of benzene rings is 2. The number of hydrogen-bond donors (Lipinski definition) is 2. The SMILES string of the molecule is Cn1nnc2c(CNN)cc(-c3ccc(Cl)cc3)cc21. The Morgan fingerprint density at radius 1 is 1.20 bits per heavy atom. The summed E-state index contributed by atoms with van der Waals surface area (Å²) < 4.78 is 1.76. The van der Waals surface area contributed by atoms with Crippen molar-refractivity contribution in [2.75, 3.05) is 0 Å². The van der Waals surface area contributed by atoms with Crippen LogP contribution in [0.3, 0.4) is 0 Å². The van der Waals surface area contributed by atoms with Crippen molar-refractivity contribution in [2.24, 2.45) is 12.9 Å². The van der Waals surface area contributed by atoms with Gasteiger partial charge in [-0.2, -0.15) is 0 Å². The Morgan fingerprint density at radius 3 is 2.65 bits per heavy atom. The lowest BCUT2D eigenvalue weighted by Gasteiger charge is -2.07. The van der Waals surface area contributed by atoms with Crippen molar-refractivity contribution >= 4 is 22.6 Å². The third kappa shape index (κ3) is 2.27. The zero-order valence-corrected chi connectivity index (χ0v) is 11.7. The average Bonchev–Trinajstić information content (AvgIpc) is 2.82. The van der Waals surface area contributed by atoms with E-state index in [1.807, 2.05) is 31.3 Å². The van der Waals surface area contributed by atoms with Gasteiger partial charge in [-0.15, -0.1) is 5.10 Å². The van der Waals surface area contributed by atoms with Crippen molar-refractivity contribution in [1.82, 2.24) is 20.4 Å². The second-order valence-corrected chi connectivity index (χ2v) is 5.04. The minimum absolute atomic E-state index is 0.538. The summed E-state index contributed by atoms with van der Waals surface area (Å²) in [5.74, 6) is 5.44. The fraction of sp³-hybridized carbons (Fsp3) is 0.143. The summed E-state index contributed by atoms with van der Waals surface area (Å²) in [5.41, 5.74) is 7.71. The summed E-state index contributed by atoms with van der Waals surface area (Å²) in [6.45, 7) is 0.538. The summed E-state index contributed by atoms with van der Waals surface area (Å²) in [6.07, 6.45) is 0. The van der Waals surface area contributed by atoms with Crippen molar-refractivity contribution in [1.29, 1.82) is 0 Å². The zero-order valence-electron chi connectivity index (χ0n) is 11.0. The molecule has 0 aliphatic heterocycles. The molecule has 0 aliphatic carbocycles. The highest BCUT2D eigenvalue weighted by molar-refractivity contribution is 6.30. The van der Waals surface area contributed by atoms with E-state index in [0.29, 0.717) is 6.54 Å². The van der Waals surface area contributed by atoms with Gasteiger partial charge in [-0.1, -0.05) is 28.9 Å². The first-order valence-electron chi connectivity index (χ1n) is 6.21. The first-order valence-corrected chi connectivity index (χ1v) is 6.58. The van der Waals surface area contributed by atoms with E-state index in [1.54, 1.807) is 4.68 Å². The molecule has 6 heteroatoms. The van der Waals surface area contributed by atoms with Crippen LogP contribution in [0.5, 0.6) is 0 Å². The highest BCUT2D eigenvalue weighted by Crippen LogP contribution is 2.27. The summed E-state index contributed by atoms with van der Waals surface area (Å²) in [7, 11) is 1.88. The maximum atomic E-state index is 5.93. The van der Waals surface area contributed by atoms with E-state index in [2.05, 4.69) is 27.9 Å². The summed E-state index contributed by atoms with van der Waals surface area (Å²) in [4.78, 5) is 0. The number of rotatable bonds is 3. The van der Waals surface area contributed by atoms with E-state index < -0.39 is 0 Å². The van der Waals surface area contributed by atoms with Crippen molar-refractivity contribution in [2.45, 2.75) is 6.54 Å². The predicted molar refractivity (Wildman–Crippen MR) is 80.0 cm³/mol. The Hall–Kier alpha value is -1.95. The molecule has 20 heavy (non-hydrogen) atoms. The van der Waals surface area contributed by atoms with Gasteiger partial charge in [-0.3, -0.25) is 11.3 Å². The molecule has 5 nitrogen and oxygen atoms in total. The van der Waals surface area contributed by atoms with Crippen LogP contribution in [0.1, 0.15) is 5.56 Å². The molecule has 0 unspecified atom stereocenters. The molecule has 0 fully saturated rings. The molecule has 0 saturated carbocycles. The molecule has 2 aromatic carbocycles. The van der Waals surface area contributed by atoms with Crippen molar-refractivity contribution in [3.05, 3.63) is 47.0 Å². The average molecular weight is 288 g/mol. The van der Waals surface area contributed by atoms with Gasteiger partial charge in [-0.25, -0.2) is 4.68 Å². The minimum Gasteiger partial charge on any atom is -0.271 e. The lowest BCUT2D eigenvalue weighted by molar-refractivity contribution is 0.733. The van der Waals surface area contributed by atoms with Gasteiger partial charge in [0, 0.05) is 18.6 Å². The first-order chi connectivity index (χ1) is 9.69. The fourth-order valence-corrected chi connectivity index (χ4v) is 2.38. The topological polar surface area (TPSA) is 68.8 Å². The second-order valence-electron chi connectivity index (χ2n) is 4.60. The third-order valence-electron chi connectivity index (χ3n) is 3.27. The highest BCUT2D eigenvalue weighted by atomic mass is 35.5. The van der Waals surface area contributed by atoms with Crippen LogP contribution in [0, 0.1) is 0 Å². The molecule has 0 saturated heterocycles. The summed E-state index contributed by atoms with van der Waals surface area (Å²) in [6, 6.07) is 11.9. The molecule has 1 heterocycles. The minimum atomic E-state index is 0.538. The number of hydrazine groups is 1. The molecule has 0 aliphatic rings. The second kappa shape index (κ2) is 5.20. The molecule has 3 aromatic rings. The predicted octanol–water partition coefficient (Wildman–Crippen LogP) is 2.25. The number of hydrogen-bond acceptors (Lipinski definition) is 4. The molecule has 3 rings (SSSR count). The molecule has 1 aromatic heterocycles. The summed E-state index contributed by atoms with van der Waals surface area (Å²) >= 11 is 5.93. The molecule has 0 spiro atoms. The number of nitrogens with two attached hydrogens (primary N) is 1. The molecule has 0 radical (unpaired) electrons. The Kier molecular flexibility index (Phi) is 3.40. The maximum Gasteiger partial charge on any atom is 0.117 e. The number of aromatic nitrogens is 3. The van der Waals surface area contributed by atoms with Crippen molar-refractivity contribution in [3.63, 3.8) is 0 Å². The van der Waals surface area contributed by atoms with Gasteiger partial charge in [0.05, 0.1) is 5.52 Å². The summed E-state index contributed by atoms with van der Waals surface area (Å²) in [5, 5.41) is 8.97. The van der Waals surface area contributed by atoms with Gasteiger partial charge in [-0.05, 0) is 41.0 Å². The Labute approximate surface area is 121 Å². The van der Waals surface area contributed by atoms with Gasteiger partial charge in [0.2, 0.25) is 0 Å². The quantitative estimate of drug-likeness (QED) is 0.573. The van der Waals surface area contributed by atoms with E-state index in [9.17, 15) is 0 Å². The first kappa shape index (κ1) is 13.1. The molecular weight excluding hydrogens is 274 g/mol. The van der Waals surface area contributed by atoms with Gasteiger partial charge < -0.3 is 0 Å². The Bertz CT molecular complexity index is 748. The standard InChI is InChI=1S/C14H14ClN5/c1-20-13-7-10(9-2-4-12(15)5-3-9)6-11(8-17-16)14(13)18-19-20/h2-7,17H,8,16H2,1H3. The molecule has 102 valence electrons. The maximum absolute atomic E-state index is 5.93. The van der Waals surface area contributed by atoms with Crippen LogP contribution in [0.2, 0.25) is 5.02 Å². The number of aryl methyl sites for hydroxylation is 1. The molecule has 0 bridgehead atoms. The van der Waals surface area contributed by atoms with Crippen molar-refractivity contribution in [3.8, 4) is 11.1 Å². The molecular formula is C14H14ClN5. The smallest absolute Gasteiger partial charge is 0.117 e. The largest absolute Gasteiger partial charge is 0.271 e. The normalized spacial score (nSPS) is 11.2. The number of nitrogens with one attached hydrogen (secondary N) is 1. The van der Waals surface area contributed by atoms with Crippen LogP contribution in [0.15, 0.2) is 36.4 Å². The van der Waals surface area contributed by atoms with E-state index in [1.165, 1.54) is 0 Å². The number of halogens is 1. The van der Waals surface area contributed by atoms with Crippen LogP contribution < -0.4 is 11.3 Å². The van der Waals surface area contributed by atoms with Gasteiger partial charge in [0.25, 0.3) is 0 Å². The Morgan fingerprint density at radius 2 is 1.95 bits per heavy atom. The zero-order chi connectivity index (χ0) is 14.1. The fourth-order valence-electron chi connectivity index (χ4n) is 2.25. The van der Waals surface area contributed by atoms with Gasteiger partial charge in [0.1, 0.15) is 5.52 Å². The van der Waals surface area contributed by atoms with Crippen LogP contribution in [0.25, 0.3) is 22.2 Å². The van der Waals surface area contributed by atoms with Gasteiger partial charge in [0.15, 0.2) is 0 Å². The number of nitrogens with zero attached hydrogens (tertiary/aromatic N) is 3. The molecule has 3 N–H and O–H groups in total. The van der Waals surface area contributed by atoms with Crippen LogP contribution >= 0.6 is 11.6 Å². The number of fused-ring (bicyclic) bond motifs is 1. The van der Waals surface area contributed by atoms with Crippen LogP contribution in [-0.4, -0.2) is 15.0 Å². The lowest BCUT2D eigenvalue weighted by Crippen LogP contribution is -2.21. The third-order valence-corrected chi connectivity index (χ3v) is 3.52. The van der Waals surface area contributed by atoms with Crippen LogP contribution in [-0.2, 0) is 13.6 Å². The van der Waals surface area contributed by atoms with E-state index in [0.717, 1.165) is 32.7 Å². The van der Waals surface area contributed by atoms with Crippen molar-refractivity contribution < 1.29 is 0 Å². The highest BCUT2D eigenvalue weighted by Gasteiger charge is 2.10. The lowest BCUT2D eigenvalue weighted by atomic mass is 10.0.